The lowest BCUT2D eigenvalue weighted by Crippen LogP contribution is -2.14. The summed E-state index contributed by atoms with van der Waals surface area (Å²) >= 11 is 0. The first-order chi connectivity index (χ1) is 11.7. The molecule has 1 rings (SSSR count). The van der Waals surface area contributed by atoms with Crippen LogP contribution in [0.3, 0.4) is 0 Å². The molecule has 0 bridgehead atoms. The monoisotopic (exact) mass is 335 g/mol. The summed E-state index contributed by atoms with van der Waals surface area (Å²) in [6.07, 6.45) is 13.4. The number of aromatic nitrogens is 1. The number of ether oxygens (including phenoxy) is 2. The van der Waals surface area contributed by atoms with E-state index in [0.717, 1.165) is 37.6 Å². The summed E-state index contributed by atoms with van der Waals surface area (Å²) in [5, 5.41) is 0. The maximum atomic E-state index is 6.07. The average molecular weight is 336 g/mol. The van der Waals surface area contributed by atoms with Gasteiger partial charge in [0, 0.05) is 12.3 Å². The molecule has 1 aromatic heterocycles. The van der Waals surface area contributed by atoms with Gasteiger partial charge in [0.25, 0.3) is 0 Å². The van der Waals surface area contributed by atoms with Crippen molar-refractivity contribution in [1.29, 1.82) is 0 Å². The molecule has 1 heterocycles. The van der Waals surface area contributed by atoms with Gasteiger partial charge in [-0.2, -0.15) is 0 Å². The van der Waals surface area contributed by atoms with Gasteiger partial charge in [-0.05, 0) is 24.7 Å². The summed E-state index contributed by atoms with van der Waals surface area (Å²) < 4.78 is 12.1. The van der Waals surface area contributed by atoms with Crippen LogP contribution in [0.25, 0.3) is 0 Å². The summed E-state index contributed by atoms with van der Waals surface area (Å²) in [5.41, 5.74) is 0. The Morgan fingerprint density at radius 2 is 1.38 bits per heavy atom. The van der Waals surface area contributed by atoms with Crippen molar-refractivity contribution in [2.24, 2.45) is 11.8 Å². The lowest BCUT2D eigenvalue weighted by molar-refractivity contribution is 0.198. The SMILES string of the molecule is CCCCC(CC)COc1ccncc1OCC(CC)CCCC. The normalized spacial score (nSPS) is 13.5. The standard InChI is InChI=1S/C21H37NO2/c1-5-9-11-18(7-3)16-23-20-13-14-22-15-21(20)24-17-19(8-4)12-10-6-2/h13-15,18-19H,5-12,16-17H2,1-4H3. The van der Waals surface area contributed by atoms with Crippen LogP contribution in [0.5, 0.6) is 11.5 Å². The maximum Gasteiger partial charge on any atom is 0.179 e. The zero-order valence-corrected chi connectivity index (χ0v) is 16.2. The molecule has 3 nitrogen and oxygen atoms in total. The highest BCUT2D eigenvalue weighted by atomic mass is 16.5. The molecule has 0 aliphatic heterocycles. The molecule has 0 N–H and O–H groups in total. The Labute approximate surface area is 149 Å². The predicted octanol–water partition coefficient (Wildman–Crippen LogP) is 6.27. The van der Waals surface area contributed by atoms with Gasteiger partial charge in [-0.1, -0.05) is 66.2 Å². The molecule has 0 aliphatic rings. The fourth-order valence-corrected chi connectivity index (χ4v) is 2.81. The van der Waals surface area contributed by atoms with E-state index in [1.165, 1.54) is 38.5 Å². The third-order valence-corrected chi connectivity index (χ3v) is 4.78. The zero-order chi connectivity index (χ0) is 17.6. The van der Waals surface area contributed by atoms with E-state index < -0.39 is 0 Å². The minimum absolute atomic E-state index is 0.617. The summed E-state index contributed by atoms with van der Waals surface area (Å²) in [6, 6.07) is 1.93. The van der Waals surface area contributed by atoms with E-state index in [1.54, 1.807) is 12.4 Å². The molecular weight excluding hydrogens is 298 g/mol. The Kier molecular flexibility index (Phi) is 11.3. The number of rotatable bonds is 14. The van der Waals surface area contributed by atoms with E-state index in [0.29, 0.717) is 11.8 Å². The van der Waals surface area contributed by atoms with E-state index >= 15 is 0 Å². The van der Waals surface area contributed by atoms with Crippen LogP contribution in [-0.4, -0.2) is 18.2 Å². The van der Waals surface area contributed by atoms with Crippen LogP contribution >= 0.6 is 0 Å². The van der Waals surface area contributed by atoms with Crippen molar-refractivity contribution in [1.82, 2.24) is 4.98 Å². The minimum atomic E-state index is 0.617. The van der Waals surface area contributed by atoms with Gasteiger partial charge >= 0.3 is 0 Å². The summed E-state index contributed by atoms with van der Waals surface area (Å²) in [7, 11) is 0. The van der Waals surface area contributed by atoms with Crippen LogP contribution in [0, 0.1) is 11.8 Å². The molecule has 0 spiro atoms. The third-order valence-electron chi connectivity index (χ3n) is 4.78. The Bertz CT molecular complexity index is 383. The Hall–Kier alpha value is -1.25. The number of nitrogens with zero attached hydrogens (tertiary/aromatic N) is 1. The van der Waals surface area contributed by atoms with Gasteiger partial charge in [-0.15, -0.1) is 0 Å². The lowest BCUT2D eigenvalue weighted by Gasteiger charge is -2.19. The average Bonchev–Trinajstić information content (AvgIpc) is 2.63. The topological polar surface area (TPSA) is 31.4 Å². The van der Waals surface area contributed by atoms with Crippen molar-refractivity contribution >= 4 is 0 Å². The molecule has 24 heavy (non-hydrogen) atoms. The lowest BCUT2D eigenvalue weighted by atomic mass is 10.0. The molecule has 3 heteroatoms. The van der Waals surface area contributed by atoms with Crippen molar-refractivity contribution in [2.45, 2.75) is 79.1 Å². The Morgan fingerprint density at radius 3 is 1.88 bits per heavy atom. The number of unbranched alkanes of at least 4 members (excludes halogenated alkanes) is 2. The zero-order valence-electron chi connectivity index (χ0n) is 16.2. The molecule has 2 unspecified atom stereocenters. The van der Waals surface area contributed by atoms with Gasteiger partial charge in [-0.25, -0.2) is 0 Å². The first kappa shape index (κ1) is 20.8. The molecule has 0 radical (unpaired) electrons. The summed E-state index contributed by atoms with van der Waals surface area (Å²) in [6.45, 7) is 10.5. The first-order valence-corrected chi connectivity index (χ1v) is 9.94. The van der Waals surface area contributed by atoms with Gasteiger partial charge in [0.1, 0.15) is 0 Å². The fourth-order valence-electron chi connectivity index (χ4n) is 2.81. The van der Waals surface area contributed by atoms with E-state index in [9.17, 15) is 0 Å². The second-order valence-electron chi connectivity index (χ2n) is 6.78. The van der Waals surface area contributed by atoms with Crippen molar-refractivity contribution < 1.29 is 9.47 Å². The van der Waals surface area contributed by atoms with Crippen molar-refractivity contribution in [2.75, 3.05) is 13.2 Å². The minimum Gasteiger partial charge on any atom is -0.489 e. The van der Waals surface area contributed by atoms with Crippen molar-refractivity contribution in [3.05, 3.63) is 18.5 Å². The third kappa shape index (κ3) is 8.03. The molecule has 0 saturated heterocycles. The quantitative estimate of drug-likeness (QED) is 0.401. The molecule has 138 valence electrons. The van der Waals surface area contributed by atoms with E-state index in [1.807, 2.05) is 6.07 Å². The summed E-state index contributed by atoms with van der Waals surface area (Å²) in [5.74, 6) is 2.87. The Balaban J connectivity index is 2.54. The van der Waals surface area contributed by atoms with E-state index in [4.69, 9.17) is 9.47 Å². The molecule has 2 atom stereocenters. The van der Waals surface area contributed by atoms with Crippen LogP contribution in [0.1, 0.15) is 79.1 Å². The highest BCUT2D eigenvalue weighted by molar-refractivity contribution is 5.36. The molecular formula is C21H37NO2. The number of pyridine rings is 1. The smallest absolute Gasteiger partial charge is 0.179 e. The molecule has 0 aliphatic carbocycles. The fraction of sp³-hybridized carbons (Fsp3) is 0.762. The van der Waals surface area contributed by atoms with Crippen LogP contribution in [0.4, 0.5) is 0 Å². The van der Waals surface area contributed by atoms with Gasteiger partial charge in [-0.3, -0.25) is 4.98 Å². The summed E-state index contributed by atoms with van der Waals surface area (Å²) in [4.78, 5) is 4.20. The highest BCUT2D eigenvalue weighted by Gasteiger charge is 2.12. The van der Waals surface area contributed by atoms with E-state index in [2.05, 4.69) is 32.7 Å². The maximum absolute atomic E-state index is 6.07. The molecule has 0 aromatic carbocycles. The van der Waals surface area contributed by atoms with Gasteiger partial charge in [0.05, 0.1) is 19.4 Å². The predicted molar refractivity (Wildman–Crippen MR) is 102 cm³/mol. The van der Waals surface area contributed by atoms with Crippen LogP contribution in [0.15, 0.2) is 18.5 Å². The van der Waals surface area contributed by atoms with Gasteiger partial charge in [0.2, 0.25) is 0 Å². The largest absolute Gasteiger partial charge is 0.489 e. The molecule has 0 amide bonds. The van der Waals surface area contributed by atoms with E-state index in [-0.39, 0.29) is 0 Å². The van der Waals surface area contributed by atoms with Crippen molar-refractivity contribution in [3.8, 4) is 11.5 Å². The highest BCUT2D eigenvalue weighted by Crippen LogP contribution is 2.28. The second-order valence-corrected chi connectivity index (χ2v) is 6.78. The van der Waals surface area contributed by atoms with Gasteiger partial charge < -0.3 is 9.47 Å². The first-order valence-electron chi connectivity index (χ1n) is 9.94. The molecule has 1 aromatic rings. The second kappa shape index (κ2) is 13.1. The number of hydrogen-bond donors (Lipinski definition) is 0. The van der Waals surface area contributed by atoms with Gasteiger partial charge in [0.15, 0.2) is 11.5 Å². The molecule has 0 fully saturated rings. The Morgan fingerprint density at radius 1 is 0.833 bits per heavy atom. The van der Waals surface area contributed by atoms with Crippen LogP contribution in [-0.2, 0) is 0 Å². The molecule has 0 saturated carbocycles. The van der Waals surface area contributed by atoms with Crippen LogP contribution < -0.4 is 9.47 Å². The van der Waals surface area contributed by atoms with Crippen LogP contribution in [0.2, 0.25) is 0 Å². The number of hydrogen-bond acceptors (Lipinski definition) is 3. The van der Waals surface area contributed by atoms with Crippen molar-refractivity contribution in [3.63, 3.8) is 0 Å².